The maximum Gasteiger partial charge on any atom is 0.287 e. The van der Waals surface area contributed by atoms with Crippen molar-refractivity contribution in [1.29, 1.82) is 0 Å². The lowest BCUT2D eigenvalue weighted by Gasteiger charge is -2.27. The van der Waals surface area contributed by atoms with Crippen molar-refractivity contribution < 1.29 is 9.13 Å². The minimum absolute atomic E-state index is 0.0790. The second-order valence-electron chi connectivity index (χ2n) is 8.50. The average molecular weight is 460 g/mol. The van der Waals surface area contributed by atoms with Gasteiger partial charge < -0.3 is 15.0 Å². The molecule has 4 heterocycles. The number of anilines is 1. The quantitative estimate of drug-likeness (QED) is 0.585. The summed E-state index contributed by atoms with van der Waals surface area (Å²) in [4.78, 5) is 18.7. The topological polar surface area (TPSA) is 90.3 Å². The molecule has 3 aromatic rings. The molecule has 1 atom stereocenters. The van der Waals surface area contributed by atoms with Gasteiger partial charge in [0.2, 0.25) is 0 Å². The summed E-state index contributed by atoms with van der Waals surface area (Å²) in [6.45, 7) is 5.45. The third kappa shape index (κ3) is 3.71. The first-order valence-corrected chi connectivity index (χ1v) is 11.2. The molecular weight excluding hydrogens is 435 g/mol. The molecule has 2 aromatic carbocycles. The summed E-state index contributed by atoms with van der Waals surface area (Å²) in [6, 6.07) is 11.1. The van der Waals surface area contributed by atoms with Gasteiger partial charge in [-0.2, -0.15) is 4.99 Å². The molecule has 34 heavy (non-hydrogen) atoms. The van der Waals surface area contributed by atoms with Crippen LogP contribution in [-0.2, 0) is 11.3 Å². The van der Waals surface area contributed by atoms with Crippen LogP contribution in [0.5, 0.6) is 0 Å². The summed E-state index contributed by atoms with van der Waals surface area (Å²) in [5.41, 5.74) is 3.94. The molecule has 172 valence electrons. The van der Waals surface area contributed by atoms with Crippen molar-refractivity contribution in [2.24, 2.45) is 15.1 Å². The number of nitrogens with one attached hydrogen (secondary N) is 2. The second-order valence-corrected chi connectivity index (χ2v) is 8.50. The minimum atomic E-state index is -0.261. The van der Waals surface area contributed by atoms with Crippen molar-refractivity contribution >= 4 is 40.4 Å². The molecule has 1 saturated heterocycles. The van der Waals surface area contributed by atoms with E-state index in [0.29, 0.717) is 42.8 Å². The Kier molecular flexibility index (Phi) is 5.05. The zero-order valence-corrected chi connectivity index (χ0v) is 18.7. The van der Waals surface area contributed by atoms with Crippen molar-refractivity contribution in [3.05, 3.63) is 66.0 Å². The van der Waals surface area contributed by atoms with E-state index in [-0.39, 0.29) is 10.4 Å². The highest BCUT2D eigenvalue weighted by atomic mass is 19.1. The summed E-state index contributed by atoms with van der Waals surface area (Å²) in [7, 11) is 0. The van der Waals surface area contributed by atoms with Crippen molar-refractivity contribution in [3.8, 4) is 0 Å². The Morgan fingerprint density at radius 2 is 2.06 bits per heavy atom. The van der Waals surface area contributed by atoms with E-state index in [4.69, 9.17) is 9.84 Å². The Hall–Kier alpha value is -3.73. The number of aromatic nitrogens is 2. The van der Waals surface area contributed by atoms with E-state index in [1.165, 1.54) is 0 Å². The number of imidazole rings is 1. The molecule has 0 aliphatic carbocycles. The number of aromatic amines is 1. The number of fused-ring (bicyclic) bond motifs is 2. The maximum atomic E-state index is 15.2. The number of rotatable bonds is 4. The van der Waals surface area contributed by atoms with Gasteiger partial charge in [0.15, 0.2) is 11.9 Å². The molecule has 3 aliphatic rings. The van der Waals surface area contributed by atoms with Crippen LogP contribution in [0, 0.1) is 12.7 Å². The lowest BCUT2D eigenvalue weighted by molar-refractivity contribution is 0.0337. The van der Waals surface area contributed by atoms with E-state index in [9.17, 15) is 0 Å². The summed E-state index contributed by atoms with van der Waals surface area (Å²) in [5, 5.41) is 8.08. The van der Waals surface area contributed by atoms with Crippen LogP contribution in [-0.4, -0.2) is 59.2 Å². The van der Waals surface area contributed by atoms with E-state index in [1.807, 2.05) is 37.3 Å². The summed E-state index contributed by atoms with van der Waals surface area (Å²) >= 11 is 0. The molecule has 1 fully saturated rings. The number of aryl methyl sites for hydroxylation is 1. The Labute approximate surface area is 195 Å². The van der Waals surface area contributed by atoms with Gasteiger partial charge in [0.05, 0.1) is 30.4 Å². The fourth-order valence-electron chi connectivity index (χ4n) is 4.42. The SMILES string of the molecule is Cc1nc2cc(NC3=N[N+]4(c5ccc(CN6CCOCC6)c(F)c5)C=CN=CC4=N3)ccc2[nH]1. The maximum absolute atomic E-state index is 15.2. The van der Waals surface area contributed by atoms with Crippen molar-refractivity contribution in [1.82, 2.24) is 19.5 Å². The van der Waals surface area contributed by atoms with Gasteiger partial charge in [-0.3, -0.25) is 9.89 Å². The number of guanidine groups is 1. The van der Waals surface area contributed by atoms with Gasteiger partial charge in [-0.15, -0.1) is 0 Å². The fourth-order valence-corrected chi connectivity index (χ4v) is 4.42. The van der Waals surface area contributed by atoms with Crippen LogP contribution in [0.2, 0.25) is 0 Å². The predicted molar refractivity (Wildman–Crippen MR) is 131 cm³/mol. The van der Waals surface area contributed by atoms with Gasteiger partial charge in [-0.05, 0) is 36.3 Å². The smallest absolute Gasteiger partial charge is 0.287 e. The third-order valence-corrected chi connectivity index (χ3v) is 6.17. The molecule has 0 amide bonds. The minimum Gasteiger partial charge on any atom is -0.379 e. The Morgan fingerprint density at radius 3 is 2.91 bits per heavy atom. The molecule has 1 aromatic heterocycles. The highest BCUT2D eigenvalue weighted by molar-refractivity contribution is 6.38. The number of morpholine rings is 1. The number of hydrogen-bond acceptors (Lipinski definition) is 7. The zero-order chi connectivity index (χ0) is 23.1. The number of aliphatic imine (C=N–C) groups is 2. The zero-order valence-electron chi connectivity index (χ0n) is 18.7. The Morgan fingerprint density at radius 1 is 1.18 bits per heavy atom. The third-order valence-electron chi connectivity index (χ3n) is 6.17. The molecule has 1 unspecified atom stereocenters. The van der Waals surface area contributed by atoms with Crippen LogP contribution >= 0.6 is 0 Å². The van der Waals surface area contributed by atoms with Crippen molar-refractivity contribution in [2.45, 2.75) is 13.5 Å². The first kappa shape index (κ1) is 20.8. The lowest BCUT2D eigenvalue weighted by atomic mass is 10.1. The summed E-state index contributed by atoms with van der Waals surface area (Å²) in [5.74, 6) is 1.59. The van der Waals surface area contributed by atoms with E-state index in [0.717, 1.165) is 35.6 Å². The number of halogens is 1. The van der Waals surface area contributed by atoms with Crippen LogP contribution in [0.1, 0.15) is 11.4 Å². The highest BCUT2D eigenvalue weighted by Crippen LogP contribution is 2.33. The van der Waals surface area contributed by atoms with Crippen LogP contribution < -0.4 is 9.91 Å². The number of amidine groups is 1. The average Bonchev–Trinajstić information content (AvgIpc) is 3.40. The van der Waals surface area contributed by atoms with Gasteiger partial charge in [0, 0.05) is 43.0 Å². The van der Waals surface area contributed by atoms with Crippen LogP contribution in [0.4, 0.5) is 15.8 Å². The van der Waals surface area contributed by atoms with E-state index in [2.05, 4.69) is 30.2 Å². The number of nitrogens with zero attached hydrogens (tertiary/aromatic N) is 6. The van der Waals surface area contributed by atoms with Gasteiger partial charge in [0.1, 0.15) is 17.9 Å². The molecule has 2 N–H and O–H groups in total. The fraction of sp³-hybridized carbons (Fsp3) is 0.250. The molecule has 6 rings (SSSR count). The lowest BCUT2D eigenvalue weighted by Crippen LogP contribution is -2.44. The van der Waals surface area contributed by atoms with E-state index >= 15 is 4.39 Å². The van der Waals surface area contributed by atoms with Crippen LogP contribution in [0.15, 0.2) is 63.9 Å². The van der Waals surface area contributed by atoms with Gasteiger partial charge >= 0.3 is 0 Å². The highest BCUT2D eigenvalue weighted by Gasteiger charge is 2.43. The number of quaternary nitrogens is 1. The number of benzene rings is 2. The molecule has 9 nitrogen and oxygen atoms in total. The largest absolute Gasteiger partial charge is 0.379 e. The number of H-pyrrole nitrogens is 1. The number of ether oxygens (including phenoxy) is 1. The Bertz CT molecular complexity index is 1380. The van der Waals surface area contributed by atoms with Gasteiger partial charge in [-0.25, -0.2) is 9.37 Å². The normalized spacial score (nSPS) is 22.1. The van der Waals surface area contributed by atoms with Crippen LogP contribution in [0.3, 0.4) is 0 Å². The van der Waals surface area contributed by atoms with E-state index < -0.39 is 0 Å². The Balaban J connectivity index is 1.29. The monoisotopic (exact) mass is 459 g/mol. The van der Waals surface area contributed by atoms with Crippen molar-refractivity contribution in [2.75, 3.05) is 31.6 Å². The second kappa shape index (κ2) is 8.24. The van der Waals surface area contributed by atoms with Gasteiger partial charge in [-0.1, -0.05) is 4.59 Å². The molecule has 10 heteroatoms. The first-order chi connectivity index (χ1) is 16.6. The summed E-state index contributed by atoms with van der Waals surface area (Å²) in [6.07, 6.45) is 5.10. The van der Waals surface area contributed by atoms with Crippen molar-refractivity contribution in [3.63, 3.8) is 0 Å². The molecule has 0 saturated carbocycles. The van der Waals surface area contributed by atoms with Gasteiger partial charge in [0.25, 0.3) is 11.8 Å². The first-order valence-electron chi connectivity index (χ1n) is 11.2. The molecule has 0 bridgehead atoms. The molecular formula is C24H24FN8O+. The predicted octanol–water partition coefficient (Wildman–Crippen LogP) is 3.50. The molecule has 0 radical (unpaired) electrons. The molecule has 3 aliphatic heterocycles. The van der Waals surface area contributed by atoms with E-state index in [1.54, 1.807) is 24.7 Å². The summed E-state index contributed by atoms with van der Waals surface area (Å²) < 4.78 is 20.5. The van der Waals surface area contributed by atoms with Crippen LogP contribution in [0.25, 0.3) is 11.0 Å². The number of hydrogen-bond donors (Lipinski definition) is 2. The molecule has 0 spiro atoms. The standard InChI is InChI=1S/C24H24FN8O/c1-16-27-21-5-3-18(12-22(21)28-16)29-24-30-23-14-26-6-9-33(23,31-24)19-4-2-17(20(25)13-19)15-32-7-10-34-11-8-32/h2-6,9,12-14H,7-8,10-11,15H2,1H3,(H,27,28)(H,29,31)/q+1.